The number of benzene rings is 1. The second kappa shape index (κ2) is 12.1. The number of aliphatic imine (C=N–C) groups is 1. The highest BCUT2D eigenvalue weighted by Gasteiger charge is 2.15. The van der Waals surface area contributed by atoms with Crippen molar-refractivity contribution >= 4 is 17.7 Å². The standard InChI is InChI=1S/C19H30N4O4/c1-20-18(21-9-3-10-26-13-16-8-11-27-14-16)22-12-15-4-6-17(7-5-15)23-19(24)25-2/h4-7,16H,3,8-14H2,1-2H3,(H,23,24)(H2,20,21,22). The quantitative estimate of drug-likeness (QED) is 0.346. The first-order valence-corrected chi connectivity index (χ1v) is 9.25. The number of guanidine groups is 1. The average Bonchev–Trinajstić information content (AvgIpc) is 3.21. The van der Waals surface area contributed by atoms with Crippen molar-refractivity contribution in [3.63, 3.8) is 0 Å². The van der Waals surface area contributed by atoms with Crippen LogP contribution < -0.4 is 16.0 Å². The lowest BCUT2D eigenvalue weighted by Crippen LogP contribution is -2.37. The maximum atomic E-state index is 11.2. The first kappa shape index (κ1) is 21.0. The Kier molecular flexibility index (Phi) is 9.43. The summed E-state index contributed by atoms with van der Waals surface area (Å²) in [5, 5.41) is 9.16. The van der Waals surface area contributed by atoms with Crippen molar-refractivity contribution in [2.24, 2.45) is 10.9 Å². The van der Waals surface area contributed by atoms with Gasteiger partial charge in [-0.2, -0.15) is 0 Å². The predicted molar refractivity (Wildman–Crippen MR) is 105 cm³/mol. The molecule has 1 heterocycles. The summed E-state index contributed by atoms with van der Waals surface area (Å²) in [6.07, 6.45) is 1.54. The SMILES string of the molecule is CN=C(NCCCOCC1CCOC1)NCc1ccc(NC(=O)OC)cc1. The minimum atomic E-state index is -0.481. The molecule has 1 atom stereocenters. The smallest absolute Gasteiger partial charge is 0.411 e. The molecule has 1 aliphatic rings. The number of hydrogen-bond acceptors (Lipinski definition) is 5. The zero-order chi connectivity index (χ0) is 19.3. The molecule has 1 unspecified atom stereocenters. The Labute approximate surface area is 160 Å². The molecule has 0 bridgehead atoms. The second-order valence-electron chi connectivity index (χ2n) is 6.32. The number of nitrogens with zero attached hydrogens (tertiary/aromatic N) is 1. The number of methoxy groups -OCH3 is 1. The molecule has 3 N–H and O–H groups in total. The van der Waals surface area contributed by atoms with Crippen LogP contribution >= 0.6 is 0 Å². The summed E-state index contributed by atoms with van der Waals surface area (Å²) in [5.74, 6) is 1.30. The zero-order valence-corrected chi connectivity index (χ0v) is 16.1. The van der Waals surface area contributed by atoms with E-state index in [0.717, 1.165) is 57.3 Å². The molecule has 0 aliphatic carbocycles. The molecule has 1 aromatic carbocycles. The largest absolute Gasteiger partial charge is 0.453 e. The molecule has 0 spiro atoms. The van der Waals surface area contributed by atoms with Gasteiger partial charge < -0.3 is 24.8 Å². The van der Waals surface area contributed by atoms with Gasteiger partial charge in [0, 0.05) is 45.0 Å². The van der Waals surface area contributed by atoms with Crippen molar-refractivity contribution in [1.82, 2.24) is 10.6 Å². The Morgan fingerprint density at radius 2 is 2.11 bits per heavy atom. The number of amides is 1. The fourth-order valence-corrected chi connectivity index (χ4v) is 2.63. The van der Waals surface area contributed by atoms with E-state index in [1.54, 1.807) is 7.05 Å². The lowest BCUT2D eigenvalue weighted by atomic mass is 10.1. The molecule has 0 radical (unpaired) electrons. The maximum Gasteiger partial charge on any atom is 0.411 e. The van der Waals surface area contributed by atoms with Crippen LogP contribution in [0.1, 0.15) is 18.4 Å². The van der Waals surface area contributed by atoms with Crippen LogP contribution in [0.2, 0.25) is 0 Å². The van der Waals surface area contributed by atoms with Crippen molar-refractivity contribution in [3.05, 3.63) is 29.8 Å². The highest BCUT2D eigenvalue weighted by molar-refractivity contribution is 5.84. The normalized spacial score (nSPS) is 16.8. The van der Waals surface area contributed by atoms with Gasteiger partial charge in [-0.3, -0.25) is 10.3 Å². The van der Waals surface area contributed by atoms with Crippen LogP contribution in [0.5, 0.6) is 0 Å². The van der Waals surface area contributed by atoms with Gasteiger partial charge >= 0.3 is 6.09 Å². The first-order chi connectivity index (χ1) is 13.2. The Bertz CT molecular complexity index is 586. The van der Waals surface area contributed by atoms with Gasteiger partial charge in [0.25, 0.3) is 0 Å². The lowest BCUT2D eigenvalue weighted by molar-refractivity contribution is 0.0888. The summed E-state index contributed by atoms with van der Waals surface area (Å²) in [6, 6.07) is 7.53. The molecular formula is C19H30N4O4. The van der Waals surface area contributed by atoms with Gasteiger partial charge in [0.2, 0.25) is 0 Å². The average molecular weight is 378 g/mol. The molecular weight excluding hydrogens is 348 g/mol. The summed E-state index contributed by atoms with van der Waals surface area (Å²) < 4.78 is 15.6. The molecule has 150 valence electrons. The van der Waals surface area contributed by atoms with Gasteiger partial charge in [0.1, 0.15) is 0 Å². The second-order valence-corrected chi connectivity index (χ2v) is 6.32. The fraction of sp³-hybridized carbons (Fsp3) is 0.579. The van der Waals surface area contributed by atoms with Crippen molar-refractivity contribution in [3.8, 4) is 0 Å². The molecule has 2 rings (SSSR count). The van der Waals surface area contributed by atoms with E-state index in [-0.39, 0.29) is 0 Å². The van der Waals surface area contributed by atoms with Crippen LogP contribution in [0.3, 0.4) is 0 Å². The molecule has 8 heteroatoms. The molecule has 1 amide bonds. The minimum Gasteiger partial charge on any atom is -0.453 e. The summed E-state index contributed by atoms with van der Waals surface area (Å²) >= 11 is 0. The number of anilines is 1. The summed E-state index contributed by atoms with van der Waals surface area (Å²) in [4.78, 5) is 15.4. The van der Waals surface area contributed by atoms with Crippen molar-refractivity contribution < 1.29 is 19.0 Å². The molecule has 1 aromatic rings. The Balaban J connectivity index is 1.58. The van der Waals surface area contributed by atoms with Crippen LogP contribution in [0.4, 0.5) is 10.5 Å². The van der Waals surface area contributed by atoms with Crippen molar-refractivity contribution in [1.29, 1.82) is 0 Å². The Morgan fingerprint density at radius 3 is 2.78 bits per heavy atom. The van der Waals surface area contributed by atoms with E-state index in [4.69, 9.17) is 9.47 Å². The molecule has 27 heavy (non-hydrogen) atoms. The third-order valence-corrected chi connectivity index (χ3v) is 4.20. The number of hydrogen-bond donors (Lipinski definition) is 3. The van der Waals surface area contributed by atoms with Gasteiger partial charge in [-0.1, -0.05) is 12.1 Å². The Morgan fingerprint density at radius 1 is 1.30 bits per heavy atom. The summed E-state index contributed by atoms with van der Waals surface area (Å²) in [6.45, 7) is 4.64. The van der Waals surface area contributed by atoms with E-state index in [0.29, 0.717) is 18.2 Å². The summed E-state index contributed by atoms with van der Waals surface area (Å²) in [7, 11) is 3.08. The van der Waals surface area contributed by atoms with E-state index >= 15 is 0 Å². The van der Waals surface area contributed by atoms with Crippen molar-refractivity contribution in [2.75, 3.05) is 52.4 Å². The van der Waals surface area contributed by atoms with Crippen LogP contribution in [-0.4, -0.2) is 59.2 Å². The van der Waals surface area contributed by atoms with Gasteiger partial charge in [-0.05, 0) is 30.5 Å². The number of nitrogens with one attached hydrogen (secondary N) is 3. The van der Waals surface area contributed by atoms with Crippen LogP contribution in [0, 0.1) is 5.92 Å². The van der Waals surface area contributed by atoms with Gasteiger partial charge in [0.05, 0.1) is 20.3 Å². The third-order valence-electron chi connectivity index (χ3n) is 4.20. The van der Waals surface area contributed by atoms with Crippen LogP contribution in [0.25, 0.3) is 0 Å². The minimum absolute atomic E-state index is 0.481. The van der Waals surface area contributed by atoms with E-state index in [1.807, 2.05) is 24.3 Å². The highest BCUT2D eigenvalue weighted by Crippen LogP contribution is 2.12. The number of carbonyl (C=O) groups is 1. The predicted octanol–water partition coefficient (Wildman–Crippen LogP) is 1.97. The topological polar surface area (TPSA) is 93.2 Å². The molecule has 0 saturated carbocycles. The molecule has 8 nitrogen and oxygen atoms in total. The molecule has 1 saturated heterocycles. The van der Waals surface area contributed by atoms with E-state index < -0.39 is 6.09 Å². The van der Waals surface area contributed by atoms with Crippen molar-refractivity contribution in [2.45, 2.75) is 19.4 Å². The Hall–Kier alpha value is -2.32. The summed E-state index contributed by atoms with van der Waals surface area (Å²) in [5.41, 5.74) is 1.77. The van der Waals surface area contributed by atoms with E-state index in [2.05, 4.69) is 25.7 Å². The fourth-order valence-electron chi connectivity index (χ4n) is 2.63. The highest BCUT2D eigenvalue weighted by atomic mass is 16.5. The molecule has 1 fully saturated rings. The van der Waals surface area contributed by atoms with Crippen LogP contribution in [-0.2, 0) is 20.8 Å². The molecule has 0 aromatic heterocycles. The van der Waals surface area contributed by atoms with E-state index in [9.17, 15) is 4.79 Å². The maximum absolute atomic E-state index is 11.2. The number of carbonyl (C=O) groups excluding carboxylic acids is 1. The molecule has 1 aliphatic heterocycles. The lowest BCUT2D eigenvalue weighted by Gasteiger charge is -2.13. The van der Waals surface area contributed by atoms with Gasteiger partial charge in [-0.25, -0.2) is 4.79 Å². The van der Waals surface area contributed by atoms with E-state index in [1.165, 1.54) is 7.11 Å². The van der Waals surface area contributed by atoms with Gasteiger partial charge in [-0.15, -0.1) is 0 Å². The van der Waals surface area contributed by atoms with Gasteiger partial charge in [0.15, 0.2) is 5.96 Å². The number of rotatable bonds is 9. The first-order valence-electron chi connectivity index (χ1n) is 9.25. The number of ether oxygens (including phenoxy) is 3. The van der Waals surface area contributed by atoms with Crippen LogP contribution in [0.15, 0.2) is 29.3 Å². The zero-order valence-electron chi connectivity index (χ0n) is 16.1. The monoisotopic (exact) mass is 378 g/mol. The third kappa shape index (κ3) is 8.27.